The summed E-state index contributed by atoms with van der Waals surface area (Å²) in [7, 11) is -0.920. The van der Waals surface area contributed by atoms with E-state index in [9.17, 15) is 17.6 Å². The smallest absolute Gasteiger partial charge is 0.243 e. The Hall–Kier alpha value is -2.96. The van der Waals surface area contributed by atoms with Gasteiger partial charge in [-0.1, -0.05) is 0 Å². The molecule has 0 aromatic heterocycles. The fourth-order valence-corrected chi connectivity index (χ4v) is 3.55. The maximum atomic E-state index is 12.8. The zero-order chi connectivity index (χ0) is 21.4. The molecule has 0 saturated carbocycles. The summed E-state index contributed by atoms with van der Waals surface area (Å²) in [5, 5.41) is 8.80. The van der Waals surface area contributed by atoms with Crippen LogP contribution < -0.4 is 4.74 Å². The molecule has 29 heavy (non-hydrogen) atoms. The van der Waals surface area contributed by atoms with Crippen LogP contribution in [0.5, 0.6) is 5.75 Å². The van der Waals surface area contributed by atoms with Gasteiger partial charge in [-0.2, -0.15) is 9.57 Å². The quantitative estimate of drug-likeness (QED) is 0.582. The molecule has 0 fully saturated rings. The van der Waals surface area contributed by atoms with Gasteiger partial charge < -0.3 is 9.64 Å². The SMILES string of the molecule is CN(CCCOc1ccc(F)cc1)C(=O)CN(C)S(=O)(=O)c1ccc(C#N)cc1. The molecule has 0 radical (unpaired) electrons. The Bertz CT molecular complexity index is 970. The van der Waals surface area contributed by atoms with Crippen molar-refractivity contribution in [3.8, 4) is 11.8 Å². The minimum absolute atomic E-state index is 0.0159. The number of amides is 1. The van der Waals surface area contributed by atoms with Crippen LogP contribution in [-0.4, -0.2) is 57.3 Å². The standard InChI is InChI=1S/C20H22FN3O4S/c1-23(12-3-13-28-18-8-6-17(21)7-9-18)20(25)15-24(2)29(26,27)19-10-4-16(14-22)5-11-19/h4-11H,3,12-13,15H2,1-2H3. The van der Waals surface area contributed by atoms with Gasteiger partial charge in [-0.3, -0.25) is 4.79 Å². The highest BCUT2D eigenvalue weighted by Crippen LogP contribution is 2.15. The molecule has 0 aliphatic carbocycles. The van der Waals surface area contributed by atoms with E-state index in [4.69, 9.17) is 10.00 Å². The lowest BCUT2D eigenvalue weighted by Crippen LogP contribution is -2.39. The van der Waals surface area contributed by atoms with Crippen LogP contribution in [-0.2, 0) is 14.8 Å². The van der Waals surface area contributed by atoms with Crippen molar-refractivity contribution in [2.45, 2.75) is 11.3 Å². The Morgan fingerprint density at radius 2 is 1.72 bits per heavy atom. The molecule has 2 aromatic carbocycles. The van der Waals surface area contributed by atoms with Gasteiger partial charge in [0.2, 0.25) is 15.9 Å². The zero-order valence-electron chi connectivity index (χ0n) is 16.2. The summed E-state index contributed by atoms with van der Waals surface area (Å²) < 4.78 is 44.4. The number of sulfonamides is 1. The molecule has 2 aromatic rings. The minimum Gasteiger partial charge on any atom is -0.494 e. The van der Waals surface area contributed by atoms with Crippen molar-refractivity contribution in [3.05, 3.63) is 59.9 Å². The summed E-state index contributed by atoms with van der Waals surface area (Å²) in [6.07, 6.45) is 0.533. The fourth-order valence-electron chi connectivity index (χ4n) is 2.42. The molecular formula is C20H22FN3O4S. The highest BCUT2D eigenvalue weighted by molar-refractivity contribution is 7.89. The van der Waals surface area contributed by atoms with Gasteiger partial charge in [0.1, 0.15) is 11.6 Å². The number of nitrogens with zero attached hydrogens (tertiary/aromatic N) is 3. The summed E-state index contributed by atoms with van der Waals surface area (Å²) >= 11 is 0. The van der Waals surface area contributed by atoms with E-state index in [2.05, 4.69) is 0 Å². The number of benzene rings is 2. The third-order valence-electron chi connectivity index (χ3n) is 4.20. The highest BCUT2D eigenvalue weighted by atomic mass is 32.2. The molecule has 0 bridgehead atoms. The Kier molecular flexibility index (Phi) is 7.70. The Morgan fingerprint density at radius 1 is 1.10 bits per heavy atom. The third kappa shape index (κ3) is 6.27. The van der Waals surface area contributed by atoms with Crippen molar-refractivity contribution in [2.75, 3.05) is 33.8 Å². The summed E-state index contributed by atoms with van der Waals surface area (Å²) in [6, 6.07) is 13.1. The van der Waals surface area contributed by atoms with Crippen molar-refractivity contribution >= 4 is 15.9 Å². The average molecular weight is 419 g/mol. The lowest BCUT2D eigenvalue weighted by molar-refractivity contribution is -0.130. The minimum atomic E-state index is -3.84. The largest absolute Gasteiger partial charge is 0.494 e. The monoisotopic (exact) mass is 419 g/mol. The first-order chi connectivity index (χ1) is 13.7. The number of ether oxygens (including phenoxy) is 1. The van der Waals surface area contributed by atoms with Crippen LogP contribution in [0.4, 0.5) is 4.39 Å². The van der Waals surface area contributed by atoms with Gasteiger partial charge in [0, 0.05) is 20.6 Å². The lowest BCUT2D eigenvalue weighted by Gasteiger charge is -2.22. The molecule has 0 aliphatic heterocycles. The van der Waals surface area contributed by atoms with E-state index in [-0.39, 0.29) is 23.2 Å². The first-order valence-electron chi connectivity index (χ1n) is 8.83. The summed E-state index contributed by atoms with van der Waals surface area (Å²) in [5.41, 5.74) is 0.352. The maximum absolute atomic E-state index is 12.8. The van der Waals surface area contributed by atoms with E-state index < -0.39 is 10.0 Å². The van der Waals surface area contributed by atoms with E-state index >= 15 is 0 Å². The number of carbonyl (C=O) groups excluding carboxylic acids is 1. The van der Waals surface area contributed by atoms with Gasteiger partial charge in [-0.25, -0.2) is 12.8 Å². The van der Waals surface area contributed by atoms with Gasteiger partial charge in [0.15, 0.2) is 0 Å². The molecule has 1 amide bonds. The molecule has 7 nitrogen and oxygen atoms in total. The van der Waals surface area contributed by atoms with Gasteiger partial charge in [0.25, 0.3) is 0 Å². The topological polar surface area (TPSA) is 90.7 Å². The maximum Gasteiger partial charge on any atom is 0.243 e. The van der Waals surface area contributed by atoms with Crippen LogP contribution >= 0.6 is 0 Å². The van der Waals surface area contributed by atoms with Crippen LogP contribution in [0.15, 0.2) is 53.4 Å². The van der Waals surface area contributed by atoms with Crippen molar-refractivity contribution in [1.29, 1.82) is 5.26 Å². The molecule has 0 unspecified atom stereocenters. The molecule has 0 aliphatic rings. The van der Waals surface area contributed by atoms with Crippen molar-refractivity contribution < 1.29 is 22.3 Å². The molecule has 0 N–H and O–H groups in total. The number of carbonyl (C=O) groups is 1. The molecule has 0 atom stereocenters. The number of hydrogen-bond acceptors (Lipinski definition) is 5. The van der Waals surface area contributed by atoms with Crippen LogP contribution in [0, 0.1) is 17.1 Å². The normalized spacial score (nSPS) is 11.1. The Morgan fingerprint density at radius 3 is 2.31 bits per heavy atom. The van der Waals surface area contributed by atoms with Gasteiger partial charge in [0.05, 0.1) is 29.7 Å². The number of halogens is 1. The molecule has 9 heteroatoms. The highest BCUT2D eigenvalue weighted by Gasteiger charge is 2.24. The lowest BCUT2D eigenvalue weighted by atomic mass is 10.2. The fraction of sp³-hybridized carbons (Fsp3) is 0.300. The van der Waals surface area contributed by atoms with E-state index in [1.165, 1.54) is 60.5 Å². The average Bonchev–Trinajstić information content (AvgIpc) is 2.72. The molecule has 2 rings (SSSR count). The Balaban J connectivity index is 1.82. The summed E-state index contributed by atoms with van der Waals surface area (Å²) in [5.74, 6) is -0.164. The van der Waals surface area contributed by atoms with Crippen molar-refractivity contribution in [3.63, 3.8) is 0 Å². The molecule has 0 heterocycles. The van der Waals surface area contributed by atoms with Crippen LogP contribution in [0.3, 0.4) is 0 Å². The second-order valence-corrected chi connectivity index (χ2v) is 8.41. The van der Waals surface area contributed by atoms with E-state index in [1.54, 1.807) is 7.05 Å². The predicted molar refractivity (Wildman–Crippen MR) is 105 cm³/mol. The summed E-state index contributed by atoms with van der Waals surface area (Å²) in [6.45, 7) is 0.408. The van der Waals surface area contributed by atoms with E-state index in [0.717, 1.165) is 4.31 Å². The molecular weight excluding hydrogens is 397 g/mol. The Labute approximate surface area is 170 Å². The second kappa shape index (κ2) is 10.0. The van der Waals surface area contributed by atoms with Crippen molar-refractivity contribution in [1.82, 2.24) is 9.21 Å². The van der Waals surface area contributed by atoms with Gasteiger partial charge in [-0.05, 0) is 55.0 Å². The van der Waals surface area contributed by atoms with Crippen LogP contribution in [0.2, 0.25) is 0 Å². The van der Waals surface area contributed by atoms with Crippen LogP contribution in [0.25, 0.3) is 0 Å². The van der Waals surface area contributed by atoms with Gasteiger partial charge >= 0.3 is 0 Å². The molecule has 154 valence electrons. The molecule has 0 spiro atoms. The number of rotatable bonds is 9. The zero-order valence-corrected chi connectivity index (χ0v) is 17.0. The van der Waals surface area contributed by atoms with E-state index in [1.807, 2.05) is 6.07 Å². The summed E-state index contributed by atoms with van der Waals surface area (Å²) in [4.78, 5) is 13.8. The first-order valence-corrected chi connectivity index (χ1v) is 10.3. The van der Waals surface area contributed by atoms with E-state index in [0.29, 0.717) is 30.9 Å². The first kappa shape index (κ1) is 22.3. The number of hydrogen-bond donors (Lipinski definition) is 0. The number of likely N-dealkylation sites (N-methyl/N-ethyl adjacent to an activating group) is 2. The van der Waals surface area contributed by atoms with Crippen molar-refractivity contribution in [2.24, 2.45) is 0 Å². The second-order valence-electron chi connectivity index (χ2n) is 6.37. The van der Waals surface area contributed by atoms with Crippen LogP contribution in [0.1, 0.15) is 12.0 Å². The van der Waals surface area contributed by atoms with Gasteiger partial charge in [-0.15, -0.1) is 0 Å². The third-order valence-corrected chi connectivity index (χ3v) is 6.01. The predicted octanol–water partition coefficient (Wildman–Crippen LogP) is 2.25. The molecule has 0 saturated heterocycles. The number of nitriles is 1.